The number of carbonyl (C=O) groups excluding carboxylic acids is 1. The maximum absolute atomic E-state index is 14.1. The highest BCUT2D eigenvalue weighted by Crippen LogP contribution is 2.36. The lowest BCUT2D eigenvalue weighted by Crippen LogP contribution is -2.52. The number of thiazole rings is 1. The smallest absolute Gasteiger partial charge is 0.253 e. The number of anilines is 1. The summed E-state index contributed by atoms with van der Waals surface area (Å²) < 4.78 is 35.1. The molecule has 0 bridgehead atoms. The maximum Gasteiger partial charge on any atom is 0.253 e. The topological polar surface area (TPSA) is 83.7 Å². The fourth-order valence-electron chi connectivity index (χ4n) is 4.48. The molecule has 35 heavy (non-hydrogen) atoms. The zero-order chi connectivity index (χ0) is 24.6. The van der Waals surface area contributed by atoms with Crippen LogP contribution in [-0.2, 0) is 21.4 Å². The molecule has 1 aliphatic heterocycles. The SMILES string of the molecule is CC(C)c1cccc2sc(N(Cc3ccco3)C(=O)C3CCCCN3S(=O)(=O)c3cccs3)nc12. The Balaban J connectivity index is 1.56. The molecule has 10 heteroatoms. The third-order valence-electron chi connectivity index (χ3n) is 6.25. The van der Waals surface area contributed by atoms with E-state index in [0.717, 1.165) is 28.6 Å². The van der Waals surface area contributed by atoms with Crippen LogP contribution >= 0.6 is 22.7 Å². The van der Waals surface area contributed by atoms with Crippen molar-refractivity contribution in [1.29, 1.82) is 0 Å². The van der Waals surface area contributed by atoms with Crippen molar-refractivity contribution in [1.82, 2.24) is 9.29 Å². The first kappa shape index (κ1) is 24.2. The van der Waals surface area contributed by atoms with E-state index < -0.39 is 16.1 Å². The van der Waals surface area contributed by atoms with Crippen molar-refractivity contribution in [3.63, 3.8) is 0 Å². The zero-order valence-electron chi connectivity index (χ0n) is 19.6. The summed E-state index contributed by atoms with van der Waals surface area (Å²) in [5, 5.41) is 2.29. The third-order valence-corrected chi connectivity index (χ3v) is 10.6. The van der Waals surface area contributed by atoms with Gasteiger partial charge in [0.15, 0.2) is 5.13 Å². The van der Waals surface area contributed by atoms with Gasteiger partial charge >= 0.3 is 0 Å². The van der Waals surface area contributed by atoms with Crippen molar-refractivity contribution in [2.75, 3.05) is 11.4 Å². The number of amides is 1. The van der Waals surface area contributed by atoms with Gasteiger partial charge < -0.3 is 4.42 Å². The number of furan rings is 1. The van der Waals surface area contributed by atoms with Crippen molar-refractivity contribution in [2.45, 2.75) is 55.8 Å². The molecule has 184 valence electrons. The molecule has 0 aliphatic carbocycles. The number of piperidine rings is 1. The summed E-state index contributed by atoms with van der Waals surface area (Å²) in [6, 6.07) is 12.2. The van der Waals surface area contributed by atoms with Gasteiger partial charge in [0.05, 0.1) is 23.0 Å². The lowest BCUT2D eigenvalue weighted by atomic mass is 10.0. The summed E-state index contributed by atoms with van der Waals surface area (Å²) in [6.07, 6.45) is 3.56. The molecule has 3 aromatic heterocycles. The van der Waals surface area contributed by atoms with Gasteiger partial charge in [0.25, 0.3) is 10.0 Å². The number of rotatable bonds is 7. The van der Waals surface area contributed by atoms with E-state index in [4.69, 9.17) is 9.40 Å². The fraction of sp³-hybridized carbons (Fsp3) is 0.360. The van der Waals surface area contributed by atoms with Crippen LogP contribution < -0.4 is 4.90 Å². The average molecular weight is 530 g/mol. The lowest BCUT2D eigenvalue weighted by Gasteiger charge is -2.35. The van der Waals surface area contributed by atoms with Crippen LogP contribution in [0.5, 0.6) is 0 Å². The van der Waals surface area contributed by atoms with Gasteiger partial charge in [-0.2, -0.15) is 4.31 Å². The Morgan fingerprint density at radius 1 is 1.20 bits per heavy atom. The van der Waals surface area contributed by atoms with Gasteiger partial charge in [-0.15, -0.1) is 11.3 Å². The number of aromatic nitrogens is 1. The molecule has 1 atom stereocenters. The molecule has 1 aliphatic rings. The van der Waals surface area contributed by atoms with Crippen LogP contribution in [0.1, 0.15) is 50.4 Å². The molecular weight excluding hydrogens is 502 g/mol. The van der Waals surface area contributed by atoms with E-state index in [-0.39, 0.29) is 22.6 Å². The van der Waals surface area contributed by atoms with Gasteiger partial charge in [-0.1, -0.05) is 49.8 Å². The molecule has 0 N–H and O–H groups in total. The van der Waals surface area contributed by atoms with Crippen LogP contribution in [0.25, 0.3) is 10.2 Å². The summed E-state index contributed by atoms with van der Waals surface area (Å²) >= 11 is 2.62. The van der Waals surface area contributed by atoms with Gasteiger partial charge in [-0.3, -0.25) is 9.69 Å². The van der Waals surface area contributed by atoms with E-state index in [1.54, 1.807) is 34.7 Å². The number of hydrogen-bond acceptors (Lipinski definition) is 7. The predicted molar refractivity (Wildman–Crippen MR) is 139 cm³/mol. The van der Waals surface area contributed by atoms with Crippen LogP contribution in [-0.4, -0.2) is 36.2 Å². The minimum Gasteiger partial charge on any atom is -0.467 e. The Kier molecular flexibility index (Phi) is 6.80. The van der Waals surface area contributed by atoms with Gasteiger partial charge in [-0.05, 0) is 54.0 Å². The van der Waals surface area contributed by atoms with Gasteiger partial charge in [0.2, 0.25) is 5.91 Å². The molecular formula is C25H27N3O4S3. The first-order chi connectivity index (χ1) is 16.9. The predicted octanol–water partition coefficient (Wildman–Crippen LogP) is 5.85. The van der Waals surface area contributed by atoms with Crippen molar-refractivity contribution >= 4 is 54.0 Å². The summed E-state index contributed by atoms with van der Waals surface area (Å²) in [6.45, 7) is 4.75. The number of thiophene rings is 1. The van der Waals surface area contributed by atoms with Crippen molar-refractivity contribution in [3.05, 3.63) is 65.4 Å². The second kappa shape index (κ2) is 9.85. The minimum atomic E-state index is -3.77. The van der Waals surface area contributed by atoms with E-state index in [9.17, 15) is 13.2 Å². The van der Waals surface area contributed by atoms with Crippen molar-refractivity contribution in [2.24, 2.45) is 0 Å². The number of para-hydroxylation sites is 1. The number of carbonyl (C=O) groups is 1. The van der Waals surface area contributed by atoms with Gasteiger partial charge in [0.1, 0.15) is 16.0 Å². The van der Waals surface area contributed by atoms with Crippen LogP contribution in [0, 0.1) is 0 Å². The highest BCUT2D eigenvalue weighted by atomic mass is 32.2. The normalized spacial score (nSPS) is 17.3. The van der Waals surface area contributed by atoms with E-state index in [1.165, 1.54) is 27.0 Å². The summed E-state index contributed by atoms with van der Waals surface area (Å²) in [4.78, 5) is 20.6. The largest absolute Gasteiger partial charge is 0.467 e. The molecule has 0 saturated carbocycles. The standard InChI is InChI=1S/C25H27N3O4S3/c1-17(2)19-9-5-11-21-23(19)26-25(34-21)27(16-18-8-6-14-32-18)24(29)20-10-3-4-13-28(20)35(30,31)22-12-7-15-33-22/h5-9,11-12,14-15,17,20H,3-4,10,13,16H2,1-2H3. The highest BCUT2D eigenvalue weighted by molar-refractivity contribution is 7.91. The summed E-state index contributed by atoms with van der Waals surface area (Å²) in [5.41, 5.74) is 2.00. The van der Waals surface area contributed by atoms with Crippen LogP contribution in [0.4, 0.5) is 5.13 Å². The van der Waals surface area contributed by atoms with E-state index >= 15 is 0 Å². The second-order valence-corrected chi connectivity index (χ2v) is 13.0. The quantitative estimate of drug-likeness (QED) is 0.300. The summed E-state index contributed by atoms with van der Waals surface area (Å²) in [7, 11) is -3.77. The number of nitrogens with zero attached hydrogens (tertiary/aromatic N) is 3. The molecule has 1 amide bonds. The first-order valence-corrected chi connectivity index (χ1v) is 14.8. The second-order valence-electron chi connectivity index (χ2n) is 8.91. The van der Waals surface area contributed by atoms with Gasteiger partial charge in [0, 0.05) is 6.54 Å². The molecule has 1 saturated heterocycles. The molecule has 4 aromatic rings. The average Bonchev–Trinajstić information content (AvgIpc) is 3.63. The van der Waals surface area contributed by atoms with Gasteiger partial charge in [-0.25, -0.2) is 13.4 Å². The summed E-state index contributed by atoms with van der Waals surface area (Å²) in [5.74, 6) is 0.629. The molecule has 0 spiro atoms. The number of fused-ring (bicyclic) bond motifs is 1. The Labute approximate surface area is 213 Å². The van der Waals surface area contributed by atoms with Crippen LogP contribution in [0.15, 0.2) is 62.7 Å². The molecule has 1 unspecified atom stereocenters. The first-order valence-electron chi connectivity index (χ1n) is 11.6. The van der Waals surface area contributed by atoms with Crippen LogP contribution in [0.2, 0.25) is 0 Å². The van der Waals surface area contributed by atoms with Crippen molar-refractivity contribution < 1.29 is 17.6 Å². The minimum absolute atomic E-state index is 0.187. The Morgan fingerprint density at radius 3 is 2.77 bits per heavy atom. The molecule has 1 aromatic carbocycles. The maximum atomic E-state index is 14.1. The van der Waals surface area contributed by atoms with Crippen LogP contribution in [0.3, 0.4) is 0 Å². The Hall–Kier alpha value is -2.53. The van der Waals surface area contributed by atoms with E-state index in [1.807, 2.05) is 18.2 Å². The number of benzene rings is 1. The number of hydrogen-bond donors (Lipinski definition) is 0. The Morgan fingerprint density at radius 2 is 2.06 bits per heavy atom. The Bertz CT molecular complexity index is 1410. The lowest BCUT2D eigenvalue weighted by molar-refractivity contribution is -0.123. The van der Waals surface area contributed by atoms with Crippen molar-refractivity contribution in [3.8, 4) is 0 Å². The monoisotopic (exact) mass is 529 g/mol. The fourth-order valence-corrected chi connectivity index (χ4v) is 8.26. The molecule has 1 fully saturated rings. The number of sulfonamides is 1. The molecule has 0 radical (unpaired) electrons. The third kappa shape index (κ3) is 4.67. The van der Waals surface area contributed by atoms with E-state index in [0.29, 0.717) is 23.9 Å². The van der Waals surface area contributed by atoms with E-state index in [2.05, 4.69) is 19.9 Å². The molecule has 5 rings (SSSR count). The zero-order valence-corrected chi connectivity index (χ0v) is 22.0. The molecule has 4 heterocycles. The molecule has 7 nitrogen and oxygen atoms in total. The highest BCUT2D eigenvalue weighted by Gasteiger charge is 2.41.